The predicted molar refractivity (Wildman–Crippen MR) is 94.8 cm³/mol. The molecule has 0 atom stereocenters. The van der Waals surface area contributed by atoms with Gasteiger partial charge in [-0.05, 0) is 36.6 Å². The molecule has 2 aromatic heterocycles. The Balaban J connectivity index is 2.17. The molecule has 0 aliphatic carbocycles. The van der Waals surface area contributed by atoms with Crippen LogP contribution >= 0.6 is 11.8 Å². The maximum Gasteiger partial charge on any atom is 0.267 e. The van der Waals surface area contributed by atoms with E-state index >= 15 is 0 Å². The zero-order valence-electron chi connectivity index (χ0n) is 13.1. The van der Waals surface area contributed by atoms with Crippen LogP contribution in [-0.2, 0) is 7.05 Å². The van der Waals surface area contributed by atoms with E-state index in [4.69, 9.17) is 0 Å². The van der Waals surface area contributed by atoms with Gasteiger partial charge in [0, 0.05) is 23.5 Å². The Morgan fingerprint density at radius 3 is 2.75 bits per heavy atom. The molecule has 1 amide bonds. The first kappa shape index (κ1) is 16.1. The van der Waals surface area contributed by atoms with Gasteiger partial charge in [-0.2, -0.15) is 0 Å². The van der Waals surface area contributed by atoms with E-state index in [0.717, 1.165) is 4.90 Å². The van der Waals surface area contributed by atoms with Crippen molar-refractivity contribution in [3.8, 4) is 5.75 Å². The van der Waals surface area contributed by atoms with Crippen molar-refractivity contribution in [1.29, 1.82) is 0 Å². The van der Waals surface area contributed by atoms with Gasteiger partial charge in [0.15, 0.2) is 0 Å². The normalized spacial score (nSPS) is 10.8. The summed E-state index contributed by atoms with van der Waals surface area (Å²) >= 11 is 1.51. The minimum Gasteiger partial charge on any atom is -0.506 e. The zero-order chi connectivity index (χ0) is 17.3. The molecule has 0 saturated carbocycles. The number of hydrogen-bond donors (Lipinski definition) is 2. The van der Waals surface area contributed by atoms with Crippen molar-refractivity contribution in [2.75, 3.05) is 11.6 Å². The summed E-state index contributed by atoms with van der Waals surface area (Å²) in [6.45, 7) is 0. The van der Waals surface area contributed by atoms with Gasteiger partial charge in [-0.3, -0.25) is 9.59 Å². The quantitative estimate of drug-likeness (QED) is 0.716. The molecular formula is C17H15N3O3S. The highest BCUT2D eigenvalue weighted by Crippen LogP contribution is 2.29. The standard InChI is InChI=1S/C17H15N3O3S/c1-20-12-7-6-10(24-2)9-11(12)15(21)14(17(20)23)16(22)19-13-5-3-4-8-18-13/h3-9,21H,1-2H3,(H,18,19,22). The fourth-order valence-electron chi connectivity index (χ4n) is 2.46. The summed E-state index contributed by atoms with van der Waals surface area (Å²) in [6.07, 6.45) is 3.44. The van der Waals surface area contributed by atoms with Crippen molar-refractivity contribution in [3.05, 3.63) is 58.5 Å². The van der Waals surface area contributed by atoms with Gasteiger partial charge < -0.3 is 15.0 Å². The second-order valence-corrected chi connectivity index (χ2v) is 6.02. The SMILES string of the molecule is CSc1ccc2c(c1)c(O)c(C(=O)Nc1ccccn1)c(=O)n2C. The maximum absolute atomic E-state index is 12.5. The average Bonchev–Trinajstić information content (AvgIpc) is 2.60. The Hall–Kier alpha value is -2.80. The first-order valence-electron chi connectivity index (χ1n) is 7.15. The first-order valence-corrected chi connectivity index (χ1v) is 8.37. The molecule has 3 aromatic rings. The molecule has 0 unspecified atom stereocenters. The van der Waals surface area contributed by atoms with Crippen LogP contribution in [0.25, 0.3) is 10.9 Å². The van der Waals surface area contributed by atoms with Gasteiger partial charge in [0.25, 0.3) is 11.5 Å². The molecule has 0 fully saturated rings. The van der Waals surface area contributed by atoms with Crippen molar-refractivity contribution in [2.45, 2.75) is 4.90 Å². The molecular weight excluding hydrogens is 326 g/mol. The number of aromatic nitrogens is 2. The summed E-state index contributed by atoms with van der Waals surface area (Å²) in [5.41, 5.74) is -0.302. The number of fused-ring (bicyclic) bond motifs is 1. The van der Waals surface area contributed by atoms with Gasteiger partial charge in [0.2, 0.25) is 0 Å². The van der Waals surface area contributed by atoms with E-state index in [1.54, 1.807) is 37.4 Å². The molecule has 0 aliphatic heterocycles. The van der Waals surface area contributed by atoms with Crippen LogP contribution in [0.3, 0.4) is 0 Å². The molecule has 0 aliphatic rings. The Bertz CT molecular complexity index is 984. The molecule has 6 nitrogen and oxygen atoms in total. The van der Waals surface area contributed by atoms with E-state index in [2.05, 4.69) is 10.3 Å². The van der Waals surface area contributed by atoms with Gasteiger partial charge >= 0.3 is 0 Å². The van der Waals surface area contributed by atoms with Crippen LogP contribution in [0, 0.1) is 0 Å². The molecule has 0 saturated heterocycles. The average molecular weight is 341 g/mol. The molecule has 0 radical (unpaired) electrons. The van der Waals surface area contributed by atoms with E-state index in [-0.39, 0.29) is 11.3 Å². The largest absolute Gasteiger partial charge is 0.506 e. The highest BCUT2D eigenvalue weighted by Gasteiger charge is 2.21. The van der Waals surface area contributed by atoms with Gasteiger partial charge in [-0.1, -0.05) is 6.07 Å². The lowest BCUT2D eigenvalue weighted by molar-refractivity contribution is 0.102. The summed E-state index contributed by atoms with van der Waals surface area (Å²) in [4.78, 5) is 29.9. The maximum atomic E-state index is 12.5. The number of aryl methyl sites for hydroxylation is 1. The Morgan fingerprint density at radius 1 is 1.29 bits per heavy atom. The molecule has 2 heterocycles. The van der Waals surface area contributed by atoms with Crippen molar-refractivity contribution in [1.82, 2.24) is 9.55 Å². The van der Waals surface area contributed by atoms with Crippen molar-refractivity contribution in [2.24, 2.45) is 7.05 Å². The van der Waals surface area contributed by atoms with Crippen LogP contribution in [-0.4, -0.2) is 26.8 Å². The number of carbonyl (C=O) groups is 1. The highest BCUT2D eigenvalue weighted by atomic mass is 32.2. The number of carbonyl (C=O) groups excluding carboxylic acids is 1. The van der Waals surface area contributed by atoms with Crippen molar-refractivity contribution >= 4 is 34.4 Å². The number of benzene rings is 1. The first-order chi connectivity index (χ1) is 11.5. The molecule has 2 N–H and O–H groups in total. The van der Waals surface area contributed by atoms with Crippen LogP contribution in [0.5, 0.6) is 5.75 Å². The minimum atomic E-state index is -0.691. The zero-order valence-corrected chi connectivity index (χ0v) is 13.9. The number of anilines is 1. The van der Waals surface area contributed by atoms with Crippen LogP contribution in [0.2, 0.25) is 0 Å². The topological polar surface area (TPSA) is 84.2 Å². The van der Waals surface area contributed by atoms with Gasteiger partial charge in [-0.15, -0.1) is 11.8 Å². The van der Waals surface area contributed by atoms with Crippen molar-refractivity contribution in [3.63, 3.8) is 0 Å². The van der Waals surface area contributed by atoms with Crippen molar-refractivity contribution < 1.29 is 9.90 Å². The van der Waals surface area contributed by atoms with E-state index < -0.39 is 11.5 Å². The smallest absolute Gasteiger partial charge is 0.267 e. The Kier molecular flexibility index (Phi) is 4.26. The van der Waals surface area contributed by atoms with E-state index in [9.17, 15) is 14.7 Å². The molecule has 3 rings (SSSR count). The lowest BCUT2D eigenvalue weighted by atomic mass is 10.1. The molecule has 0 bridgehead atoms. The summed E-state index contributed by atoms with van der Waals surface area (Å²) in [7, 11) is 1.57. The third-order valence-corrected chi connectivity index (χ3v) is 4.43. The minimum absolute atomic E-state index is 0.297. The highest BCUT2D eigenvalue weighted by molar-refractivity contribution is 7.98. The number of hydrogen-bond acceptors (Lipinski definition) is 5. The van der Waals surface area contributed by atoms with Crippen LogP contribution in [0.1, 0.15) is 10.4 Å². The third-order valence-electron chi connectivity index (χ3n) is 3.71. The van der Waals surface area contributed by atoms with Crippen LogP contribution < -0.4 is 10.9 Å². The lowest BCUT2D eigenvalue weighted by Crippen LogP contribution is -2.28. The third kappa shape index (κ3) is 2.74. The van der Waals surface area contributed by atoms with E-state index in [0.29, 0.717) is 16.7 Å². The van der Waals surface area contributed by atoms with Gasteiger partial charge in [-0.25, -0.2) is 4.98 Å². The molecule has 7 heteroatoms. The Morgan fingerprint density at radius 2 is 2.08 bits per heavy atom. The van der Waals surface area contributed by atoms with Crippen LogP contribution in [0.15, 0.2) is 52.3 Å². The number of nitrogens with zero attached hydrogens (tertiary/aromatic N) is 2. The van der Waals surface area contributed by atoms with Gasteiger partial charge in [0.1, 0.15) is 17.1 Å². The second-order valence-electron chi connectivity index (χ2n) is 5.14. The number of pyridine rings is 2. The molecule has 1 aromatic carbocycles. The number of nitrogens with one attached hydrogen (secondary N) is 1. The van der Waals surface area contributed by atoms with Gasteiger partial charge in [0.05, 0.1) is 5.52 Å². The fourth-order valence-corrected chi connectivity index (χ4v) is 2.90. The predicted octanol–water partition coefficient (Wildman–Crippen LogP) is 2.61. The summed E-state index contributed by atoms with van der Waals surface area (Å²) < 4.78 is 1.35. The summed E-state index contributed by atoms with van der Waals surface area (Å²) in [5.74, 6) is -0.706. The summed E-state index contributed by atoms with van der Waals surface area (Å²) in [5, 5.41) is 13.5. The monoisotopic (exact) mass is 341 g/mol. The van der Waals surface area contributed by atoms with E-state index in [1.165, 1.54) is 22.5 Å². The van der Waals surface area contributed by atoms with E-state index in [1.807, 2.05) is 12.3 Å². The number of thioether (sulfide) groups is 1. The fraction of sp³-hybridized carbons (Fsp3) is 0.118. The molecule has 24 heavy (non-hydrogen) atoms. The lowest BCUT2D eigenvalue weighted by Gasteiger charge is -2.12. The number of aromatic hydroxyl groups is 1. The summed E-state index contributed by atoms with van der Waals surface area (Å²) in [6, 6.07) is 10.4. The Labute approximate surface area is 142 Å². The number of amides is 1. The second kappa shape index (κ2) is 6.37. The van der Waals surface area contributed by atoms with Crippen LogP contribution in [0.4, 0.5) is 5.82 Å². The number of rotatable bonds is 3. The molecule has 122 valence electrons. The molecule has 0 spiro atoms.